The molecule has 9 nitrogen and oxygen atoms in total. The van der Waals surface area contributed by atoms with Gasteiger partial charge in [-0.15, -0.1) is 0 Å². The number of aryl methyl sites for hydroxylation is 1. The van der Waals surface area contributed by atoms with Crippen LogP contribution in [0.5, 0.6) is 0 Å². The van der Waals surface area contributed by atoms with E-state index in [0.29, 0.717) is 12.0 Å². The number of nitro benzene ring substituents is 1. The molecule has 0 aromatic heterocycles. The lowest BCUT2D eigenvalue weighted by Gasteiger charge is -2.18. The molecule has 0 saturated carbocycles. The van der Waals surface area contributed by atoms with E-state index in [1.54, 1.807) is 6.92 Å². The molecule has 0 unspecified atom stereocenters. The summed E-state index contributed by atoms with van der Waals surface area (Å²) >= 11 is 0. The number of ether oxygens (including phenoxy) is 2. The van der Waals surface area contributed by atoms with Gasteiger partial charge in [0.2, 0.25) is 0 Å². The minimum Gasteiger partial charge on any atom is -0.467 e. The first-order valence-corrected chi connectivity index (χ1v) is 7.95. The van der Waals surface area contributed by atoms with Crippen molar-refractivity contribution in [2.75, 3.05) is 13.7 Å². The summed E-state index contributed by atoms with van der Waals surface area (Å²) in [7, 11) is 1.21. The summed E-state index contributed by atoms with van der Waals surface area (Å²) < 4.78 is 9.49. The molecule has 1 atom stereocenters. The summed E-state index contributed by atoms with van der Waals surface area (Å²) in [5.74, 6) is -2.00. The van der Waals surface area contributed by atoms with E-state index in [2.05, 4.69) is 10.1 Å². The molecule has 1 N–H and O–H groups in total. The van der Waals surface area contributed by atoms with Gasteiger partial charge in [0.15, 0.2) is 6.61 Å². The van der Waals surface area contributed by atoms with Gasteiger partial charge in [-0.3, -0.25) is 14.9 Å². The van der Waals surface area contributed by atoms with Gasteiger partial charge in [-0.1, -0.05) is 19.9 Å². The summed E-state index contributed by atoms with van der Waals surface area (Å²) in [4.78, 5) is 45.9. The number of benzene rings is 1. The van der Waals surface area contributed by atoms with Gasteiger partial charge in [-0.2, -0.15) is 0 Å². The summed E-state index contributed by atoms with van der Waals surface area (Å²) in [5.41, 5.74) is 0.146. The van der Waals surface area contributed by atoms with Crippen molar-refractivity contribution in [3.8, 4) is 0 Å². The number of nitrogens with zero attached hydrogens (tertiary/aromatic N) is 1. The highest BCUT2D eigenvalue weighted by Crippen LogP contribution is 2.19. The SMILES string of the molecule is COC(=O)[C@@H](CC(C)C)NC(=O)COC(=O)c1ccc(C)c([N+](=O)[O-])c1. The van der Waals surface area contributed by atoms with Crippen LogP contribution < -0.4 is 5.32 Å². The first kappa shape index (κ1) is 21.1. The van der Waals surface area contributed by atoms with Crippen LogP contribution in [0, 0.1) is 23.0 Å². The van der Waals surface area contributed by atoms with Crippen molar-refractivity contribution in [2.45, 2.75) is 33.2 Å². The number of hydrogen-bond donors (Lipinski definition) is 1. The molecule has 26 heavy (non-hydrogen) atoms. The van der Waals surface area contributed by atoms with Crippen LogP contribution in [-0.4, -0.2) is 42.5 Å². The maximum Gasteiger partial charge on any atom is 0.338 e. The van der Waals surface area contributed by atoms with E-state index in [0.717, 1.165) is 6.07 Å². The maximum atomic E-state index is 12.0. The highest BCUT2D eigenvalue weighted by Gasteiger charge is 2.23. The molecule has 1 aromatic carbocycles. The lowest BCUT2D eigenvalue weighted by Crippen LogP contribution is -2.44. The van der Waals surface area contributed by atoms with Crippen molar-refractivity contribution in [1.82, 2.24) is 5.32 Å². The normalized spacial score (nSPS) is 11.6. The molecule has 0 heterocycles. The Morgan fingerprint density at radius 3 is 2.46 bits per heavy atom. The molecule has 1 amide bonds. The second kappa shape index (κ2) is 9.50. The van der Waals surface area contributed by atoms with Gasteiger partial charge in [0, 0.05) is 11.6 Å². The Morgan fingerprint density at radius 1 is 1.27 bits per heavy atom. The predicted octanol–water partition coefficient (Wildman–Crippen LogP) is 1.76. The average Bonchev–Trinajstić information content (AvgIpc) is 2.58. The van der Waals surface area contributed by atoms with Crippen LogP contribution in [0.25, 0.3) is 0 Å². The standard InChI is InChI=1S/C17H22N2O7/c1-10(2)7-13(17(22)25-4)18-15(20)9-26-16(21)12-6-5-11(3)14(8-12)19(23)24/h5-6,8,10,13H,7,9H2,1-4H3,(H,18,20)/t13-/m1/s1. The zero-order valence-corrected chi connectivity index (χ0v) is 15.1. The first-order chi connectivity index (χ1) is 12.1. The van der Waals surface area contributed by atoms with Gasteiger partial charge in [0.05, 0.1) is 17.6 Å². The number of carbonyl (C=O) groups is 3. The Balaban J connectivity index is 2.68. The Kier molecular flexibility index (Phi) is 7.70. The molecule has 0 bridgehead atoms. The van der Waals surface area contributed by atoms with E-state index >= 15 is 0 Å². The van der Waals surface area contributed by atoms with Gasteiger partial charge in [0.25, 0.3) is 11.6 Å². The third kappa shape index (κ3) is 6.15. The van der Waals surface area contributed by atoms with Gasteiger partial charge in [0.1, 0.15) is 6.04 Å². The molecule has 1 aromatic rings. The topological polar surface area (TPSA) is 125 Å². The van der Waals surface area contributed by atoms with E-state index in [9.17, 15) is 24.5 Å². The van der Waals surface area contributed by atoms with Crippen LogP contribution in [0.3, 0.4) is 0 Å². The van der Waals surface area contributed by atoms with Gasteiger partial charge >= 0.3 is 11.9 Å². The predicted molar refractivity (Wildman–Crippen MR) is 91.5 cm³/mol. The highest BCUT2D eigenvalue weighted by atomic mass is 16.6. The van der Waals surface area contributed by atoms with Gasteiger partial charge in [-0.05, 0) is 25.3 Å². The molecular formula is C17H22N2O7. The average molecular weight is 366 g/mol. The molecule has 0 saturated heterocycles. The van der Waals surface area contributed by atoms with Crippen molar-refractivity contribution in [2.24, 2.45) is 5.92 Å². The molecule has 0 spiro atoms. The molecule has 0 aliphatic rings. The molecule has 0 fully saturated rings. The third-order valence-corrected chi connectivity index (χ3v) is 3.50. The summed E-state index contributed by atoms with van der Waals surface area (Å²) in [6.07, 6.45) is 0.372. The number of nitrogens with one attached hydrogen (secondary N) is 1. The molecule has 0 aliphatic carbocycles. The number of esters is 2. The van der Waals surface area contributed by atoms with Crippen LogP contribution in [0.2, 0.25) is 0 Å². The van der Waals surface area contributed by atoms with Crippen molar-refractivity contribution < 1.29 is 28.8 Å². The second-order valence-corrected chi connectivity index (χ2v) is 6.11. The van der Waals surface area contributed by atoms with Gasteiger partial charge < -0.3 is 14.8 Å². The fraction of sp³-hybridized carbons (Fsp3) is 0.471. The molecule has 0 aliphatic heterocycles. The van der Waals surface area contributed by atoms with Crippen molar-refractivity contribution in [1.29, 1.82) is 0 Å². The van der Waals surface area contributed by atoms with Crippen molar-refractivity contribution in [3.63, 3.8) is 0 Å². The highest BCUT2D eigenvalue weighted by molar-refractivity contribution is 5.92. The van der Waals surface area contributed by atoms with E-state index in [-0.39, 0.29) is 17.2 Å². The molecule has 142 valence electrons. The Labute approximate surface area is 150 Å². The smallest absolute Gasteiger partial charge is 0.338 e. The van der Waals surface area contributed by atoms with Crippen molar-refractivity contribution >= 4 is 23.5 Å². The number of carbonyl (C=O) groups excluding carboxylic acids is 3. The molecule has 9 heteroatoms. The zero-order valence-electron chi connectivity index (χ0n) is 15.1. The minimum atomic E-state index is -0.873. The minimum absolute atomic E-state index is 0.0400. The molecular weight excluding hydrogens is 344 g/mol. The number of hydrogen-bond acceptors (Lipinski definition) is 7. The van der Waals surface area contributed by atoms with Crippen LogP contribution in [0.1, 0.15) is 36.2 Å². The first-order valence-electron chi connectivity index (χ1n) is 7.95. The van der Waals surface area contributed by atoms with E-state index in [1.165, 1.54) is 19.2 Å². The third-order valence-electron chi connectivity index (χ3n) is 3.50. The maximum absolute atomic E-state index is 12.0. The summed E-state index contributed by atoms with van der Waals surface area (Å²) in [6.45, 7) is 4.69. The Hall–Kier alpha value is -2.97. The zero-order chi connectivity index (χ0) is 19.9. The van der Waals surface area contributed by atoms with Gasteiger partial charge in [-0.25, -0.2) is 9.59 Å². The van der Waals surface area contributed by atoms with Crippen LogP contribution >= 0.6 is 0 Å². The van der Waals surface area contributed by atoms with Crippen molar-refractivity contribution in [3.05, 3.63) is 39.4 Å². The number of rotatable bonds is 8. The lowest BCUT2D eigenvalue weighted by molar-refractivity contribution is -0.385. The Morgan fingerprint density at radius 2 is 1.92 bits per heavy atom. The lowest BCUT2D eigenvalue weighted by atomic mass is 10.0. The second-order valence-electron chi connectivity index (χ2n) is 6.11. The summed E-state index contributed by atoms with van der Waals surface area (Å²) in [5, 5.41) is 13.4. The van der Waals surface area contributed by atoms with E-state index in [4.69, 9.17) is 4.74 Å². The van der Waals surface area contributed by atoms with Crippen LogP contribution in [0.15, 0.2) is 18.2 Å². The fourth-order valence-corrected chi connectivity index (χ4v) is 2.21. The fourth-order valence-electron chi connectivity index (χ4n) is 2.21. The van der Waals surface area contributed by atoms with E-state index < -0.39 is 35.4 Å². The van der Waals surface area contributed by atoms with Crippen LogP contribution in [-0.2, 0) is 19.1 Å². The van der Waals surface area contributed by atoms with Crippen LogP contribution in [0.4, 0.5) is 5.69 Å². The summed E-state index contributed by atoms with van der Waals surface area (Å²) in [6, 6.07) is 3.04. The number of amides is 1. The molecule has 0 radical (unpaired) electrons. The number of nitro groups is 1. The monoisotopic (exact) mass is 366 g/mol. The molecule has 1 rings (SSSR count). The Bertz CT molecular complexity index is 700. The number of methoxy groups -OCH3 is 1. The van der Waals surface area contributed by atoms with E-state index in [1.807, 2.05) is 13.8 Å². The quantitative estimate of drug-likeness (QED) is 0.422. The largest absolute Gasteiger partial charge is 0.467 e.